The minimum atomic E-state index is -2.56. The second-order valence-corrected chi connectivity index (χ2v) is 4.17. The molecular weight excluding hydrogens is 275 g/mol. The Hall–Kier alpha value is -1.01. The molecule has 0 amide bonds. The van der Waals surface area contributed by atoms with E-state index in [4.69, 9.17) is 23.2 Å². The summed E-state index contributed by atoms with van der Waals surface area (Å²) in [5.74, 6) is -9.44. The Morgan fingerprint density at radius 2 is 1.44 bits per heavy atom. The fourth-order valence-electron chi connectivity index (χ4n) is 1.32. The van der Waals surface area contributed by atoms with Crippen molar-refractivity contribution < 1.29 is 27.1 Å². The van der Waals surface area contributed by atoms with E-state index in [0.717, 1.165) is 0 Å². The molecule has 0 unspecified atom stereocenters. The molecule has 1 aliphatic heterocycles. The molecule has 2 rings (SSSR count). The number of hydrogen-bond acceptors (Lipinski definition) is 2. The molecule has 0 spiro atoms. The number of ether oxygens (including phenoxy) is 1. The van der Waals surface area contributed by atoms with Crippen LogP contribution in [0, 0.1) is 23.3 Å². The van der Waals surface area contributed by atoms with Gasteiger partial charge in [-0.1, -0.05) is 23.2 Å². The molecule has 0 radical (unpaired) electrons. The summed E-state index contributed by atoms with van der Waals surface area (Å²) in [5.41, 5.74) is -2.20. The summed E-state index contributed by atoms with van der Waals surface area (Å²) in [5, 5.41) is 0. The van der Waals surface area contributed by atoms with E-state index >= 15 is 0 Å². The topological polar surface area (TPSA) is 26.3 Å². The Kier molecular flexibility index (Phi) is 2.32. The van der Waals surface area contributed by atoms with Gasteiger partial charge in [0, 0.05) is 0 Å². The maximum absolute atomic E-state index is 13.2. The molecule has 0 saturated carbocycles. The van der Waals surface area contributed by atoms with Gasteiger partial charge in [0.05, 0.1) is 5.56 Å². The van der Waals surface area contributed by atoms with Crippen LogP contribution in [0.4, 0.5) is 17.6 Å². The molecule has 0 aliphatic carbocycles. The van der Waals surface area contributed by atoms with Crippen LogP contribution in [-0.4, -0.2) is 5.97 Å². The molecular formula is C8Cl2F4O2. The lowest BCUT2D eigenvalue weighted by Gasteiger charge is -2.12. The van der Waals surface area contributed by atoms with Crippen molar-refractivity contribution in [3.63, 3.8) is 0 Å². The van der Waals surface area contributed by atoms with Gasteiger partial charge < -0.3 is 4.74 Å². The number of benzene rings is 1. The first-order chi connectivity index (χ1) is 7.27. The minimum absolute atomic E-state index is 1.06. The van der Waals surface area contributed by atoms with Gasteiger partial charge in [-0.05, 0) is 0 Å². The molecule has 0 saturated heterocycles. The van der Waals surface area contributed by atoms with E-state index in [1.54, 1.807) is 0 Å². The van der Waals surface area contributed by atoms with Gasteiger partial charge in [0.2, 0.25) is 0 Å². The second-order valence-electron chi connectivity index (χ2n) is 2.91. The van der Waals surface area contributed by atoms with Gasteiger partial charge in [-0.3, -0.25) is 0 Å². The van der Waals surface area contributed by atoms with Crippen molar-refractivity contribution >= 4 is 29.2 Å². The zero-order chi connectivity index (χ0) is 12.2. The predicted octanol–water partition coefficient (Wildman–Crippen LogP) is 3.00. The van der Waals surface area contributed by atoms with Crippen molar-refractivity contribution in [3.8, 4) is 0 Å². The molecule has 1 aliphatic rings. The van der Waals surface area contributed by atoms with E-state index in [-0.39, 0.29) is 0 Å². The quantitative estimate of drug-likeness (QED) is 0.239. The third-order valence-electron chi connectivity index (χ3n) is 1.98. The Bertz CT molecular complexity index is 515. The van der Waals surface area contributed by atoms with Crippen LogP contribution in [0.3, 0.4) is 0 Å². The molecule has 0 atom stereocenters. The van der Waals surface area contributed by atoms with Crippen LogP contribution in [-0.2, 0) is 9.26 Å². The van der Waals surface area contributed by atoms with Crippen LogP contribution in [0.15, 0.2) is 0 Å². The number of rotatable bonds is 0. The smallest absolute Gasteiger partial charge is 0.344 e. The van der Waals surface area contributed by atoms with Gasteiger partial charge in [0.25, 0.3) is 4.52 Å². The molecule has 2 nitrogen and oxygen atoms in total. The molecule has 0 fully saturated rings. The normalized spacial score (nSPS) is 17.2. The molecule has 0 bridgehead atoms. The first-order valence-corrected chi connectivity index (χ1v) is 4.50. The largest absolute Gasteiger partial charge is 0.420 e. The van der Waals surface area contributed by atoms with Crippen LogP contribution < -0.4 is 0 Å². The average Bonchev–Trinajstić information content (AvgIpc) is 2.42. The third kappa shape index (κ3) is 1.29. The summed E-state index contributed by atoms with van der Waals surface area (Å²) >= 11 is 10.6. The molecule has 1 aromatic rings. The van der Waals surface area contributed by atoms with Crippen LogP contribution in [0.5, 0.6) is 0 Å². The van der Waals surface area contributed by atoms with E-state index in [1.807, 2.05) is 0 Å². The lowest BCUT2D eigenvalue weighted by atomic mass is 10.1. The lowest BCUT2D eigenvalue weighted by Crippen LogP contribution is -2.12. The molecule has 1 aromatic carbocycles. The summed E-state index contributed by atoms with van der Waals surface area (Å²) in [6.07, 6.45) is 0. The number of alkyl halides is 2. The summed E-state index contributed by atoms with van der Waals surface area (Å²) in [6, 6.07) is 0. The van der Waals surface area contributed by atoms with E-state index < -0.39 is 44.9 Å². The van der Waals surface area contributed by atoms with Crippen molar-refractivity contribution in [3.05, 3.63) is 34.4 Å². The lowest BCUT2D eigenvalue weighted by molar-refractivity contribution is 0.0442. The summed E-state index contributed by atoms with van der Waals surface area (Å²) in [7, 11) is 0. The van der Waals surface area contributed by atoms with E-state index in [1.165, 1.54) is 0 Å². The first-order valence-electron chi connectivity index (χ1n) is 3.75. The highest BCUT2D eigenvalue weighted by Gasteiger charge is 2.49. The third-order valence-corrected chi connectivity index (χ3v) is 2.52. The van der Waals surface area contributed by atoms with Crippen molar-refractivity contribution in [1.29, 1.82) is 0 Å². The molecule has 86 valence electrons. The first kappa shape index (κ1) is 11.5. The summed E-state index contributed by atoms with van der Waals surface area (Å²) in [6.45, 7) is 0. The summed E-state index contributed by atoms with van der Waals surface area (Å²) in [4.78, 5) is 11.0. The molecule has 0 aromatic heterocycles. The molecule has 0 N–H and O–H groups in total. The van der Waals surface area contributed by atoms with Gasteiger partial charge in [-0.25, -0.2) is 22.4 Å². The van der Waals surface area contributed by atoms with Crippen LogP contribution >= 0.6 is 23.2 Å². The molecule has 16 heavy (non-hydrogen) atoms. The van der Waals surface area contributed by atoms with Crippen molar-refractivity contribution in [2.24, 2.45) is 0 Å². The maximum Gasteiger partial charge on any atom is 0.344 e. The molecule has 8 heteroatoms. The highest BCUT2D eigenvalue weighted by molar-refractivity contribution is 6.48. The van der Waals surface area contributed by atoms with Gasteiger partial charge >= 0.3 is 5.97 Å². The number of carbonyl (C=O) groups excluding carboxylic acids is 1. The summed E-state index contributed by atoms with van der Waals surface area (Å²) < 4.78 is 53.6. The van der Waals surface area contributed by atoms with Crippen molar-refractivity contribution in [1.82, 2.24) is 0 Å². The number of carbonyl (C=O) groups is 1. The number of esters is 1. The van der Waals surface area contributed by atoms with Crippen molar-refractivity contribution in [2.45, 2.75) is 4.52 Å². The monoisotopic (exact) mass is 274 g/mol. The highest BCUT2D eigenvalue weighted by Crippen LogP contribution is 2.46. The van der Waals surface area contributed by atoms with Gasteiger partial charge in [-0.15, -0.1) is 0 Å². The zero-order valence-electron chi connectivity index (χ0n) is 7.08. The zero-order valence-corrected chi connectivity index (χ0v) is 8.60. The Balaban J connectivity index is 2.91. The SMILES string of the molecule is O=C1OC(Cl)(Cl)c2c(F)c(F)c(F)c(F)c21. The fraction of sp³-hybridized carbons (Fsp3) is 0.125. The maximum atomic E-state index is 13.2. The predicted molar refractivity (Wildman–Crippen MR) is 45.1 cm³/mol. The second kappa shape index (κ2) is 3.24. The van der Waals surface area contributed by atoms with Crippen LogP contribution in [0.1, 0.15) is 15.9 Å². The Labute approximate surface area is 95.7 Å². The van der Waals surface area contributed by atoms with E-state index in [2.05, 4.69) is 4.74 Å². The fourth-order valence-corrected chi connectivity index (χ4v) is 1.81. The minimum Gasteiger partial charge on any atom is -0.420 e. The Morgan fingerprint density at radius 3 is 2.00 bits per heavy atom. The van der Waals surface area contributed by atoms with Crippen LogP contribution in [0.25, 0.3) is 0 Å². The van der Waals surface area contributed by atoms with Gasteiger partial charge in [0.1, 0.15) is 5.56 Å². The van der Waals surface area contributed by atoms with Gasteiger partial charge in [-0.2, -0.15) is 0 Å². The number of halogens is 6. The molecule has 1 heterocycles. The number of hydrogen-bond donors (Lipinski definition) is 0. The standard InChI is InChI=1S/C8Cl2F4O2/c9-8(10)2-1(7(15)16-8)3(11)5(13)6(14)4(2)12. The van der Waals surface area contributed by atoms with E-state index in [0.29, 0.717) is 0 Å². The van der Waals surface area contributed by atoms with Crippen molar-refractivity contribution in [2.75, 3.05) is 0 Å². The van der Waals surface area contributed by atoms with Gasteiger partial charge in [0.15, 0.2) is 23.3 Å². The average molecular weight is 275 g/mol. The number of fused-ring (bicyclic) bond motifs is 1. The van der Waals surface area contributed by atoms with Crippen LogP contribution in [0.2, 0.25) is 0 Å². The number of cyclic esters (lactones) is 1. The van der Waals surface area contributed by atoms with E-state index in [9.17, 15) is 22.4 Å². The highest BCUT2D eigenvalue weighted by atomic mass is 35.5. The Morgan fingerprint density at radius 1 is 0.938 bits per heavy atom.